The SMILES string of the molecule is CC(=O)N[C@H](C(=O)Nc1nnc(C2CCCCC2)s1)C(C)C. The van der Waals surface area contributed by atoms with E-state index in [1.165, 1.54) is 37.5 Å². The molecule has 2 N–H and O–H groups in total. The monoisotopic (exact) mass is 324 g/mol. The van der Waals surface area contributed by atoms with Gasteiger partial charge in [0.1, 0.15) is 11.0 Å². The fourth-order valence-corrected chi connectivity index (χ4v) is 3.65. The van der Waals surface area contributed by atoms with E-state index in [0.717, 1.165) is 17.8 Å². The molecule has 0 saturated heterocycles. The number of carbonyl (C=O) groups is 2. The zero-order valence-electron chi connectivity index (χ0n) is 13.4. The van der Waals surface area contributed by atoms with Crippen LogP contribution in [0.1, 0.15) is 63.8 Å². The third-order valence-electron chi connectivity index (χ3n) is 3.93. The van der Waals surface area contributed by atoms with E-state index in [4.69, 9.17) is 0 Å². The minimum Gasteiger partial charge on any atom is -0.344 e. The van der Waals surface area contributed by atoms with Crippen LogP contribution in [0.25, 0.3) is 0 Å². The Morgan fingerprint density at radius 1 is 1.18 bits per heavy atom. The Morgan fingerprint density at radius 3 is 2.45 bits per heavy atom. The smallest absolute Gasteiger partial charge is 0.249 e. The summed E-state index contributed by atoms with van der Waals surface area (Å²) in [7, 11) is 0. The standard InChI is InChI=1S/C15H24N4O2S/c1-9(2)12(16-10(3)20)13(21)17-15-19-18-14(22-15)11-7-5-4-6-8-11/h9,11-12H,4-8H2,1-3H3,(H,16,20)(H,17,19,21)/t12-/m0/s1. The van der Waals surface area contributed by atoms with Crippen LogP contribution in [0.3, 0.4) is 0 Å². The lowest BCUT2D eigenvalue weighted by molar-refractivity contribution is -0.126. The summed E-state index contributed by atoms with van der Waals surface area (Å²) >= 11 is 1.45. The molecule has 1 aromatic heterocycles. The molecule has 22 heavy (non-hydrogen) atoms. The van der Waals surface area contributed by atoms with Crippen molar-refractivity contribution < 1.29 is 9.59 Å². The predicted octanol–water partition coefficient (Wildman–Crippen LogP) is 2.69. The maximum atomic E-state index is 12.3. The number of nitrogens with zero attached hydrogens (tertiary/aromatic N) is 2. The molecule has 2 amide bonds. The number of carbonyl (C=O) groups excluding carboxylic acids is 2. The van der Waals surface area contributed by atoms with Crippen molar-refractivity contribution in [3.63, 3.8) is 0 Å². The first-order valence-corrected chi connectivity index (χ1v) is 8.70. The molecule has 0 radical (unpaired) electrons. The van der Waals surface area contributed by atoms with E-state index in [1.54, 1.807) is 0 Å². The molecule has 1 saturated carbocycles. The third kappa shape index (κ3) is 4.50. The molecule has 122 valence electrons. The summed E-state index contributed by atoms with van der Waals surface area (Å²) in [6, 6.07) is -0.556. The van der Waals surface area contributed by atoms with Crippen molar-refractivity contribution in [2.75, 3.05) is 5.32 Å². The first kappa shape index (κ1) is 16.9. The van der Waals surface area contributed by atoms with Gasteiger partial charge in [-0.25, -0.2) is 0 Å². The van der Waals surface area contributed by atoms with Crippen LogP contribution in [-0.4, -0.2) is 28.1 Å². The molecule has 6 nitrogen and oxygen atoms in total. The van der Waals surface area contributed by atoms with Crippen LogP contribution in [0.5, 0.6) is 0 Å². The summed E-state index contributed by atoms with van der Waals surface area (Å²) in [5.41, 5.74) is 0. The fourth-order valence-electron chi connectivity index (χ4n) is 2.74. The van der Waals surface area contributed by atoms with E-state index in [0.29, 0.717) is 11.0 Å². The third-order valence-corrected chi connectivity index (χ3v) is 4.93. The summed E-state index contributed by atoms with van der Waals surface area (Å²) in [6.45, 7) is 5.20. The Morgan fingerprint density at radius 2 is 1.86 bits per heavy atom. The highest BCUT2D eigenvalue weighted by Crippen LogP contribution is 2.35. The first-order valence-electron chi connectivity index (χ1n) is 7.88. The number of nitrogens with one attached hydrogen (secondary N) is 2. The molecule has 1 aliphatic rings. The van der Waals surface area contributed by atoms with Crippen LogP contribution >= 0.6 is 11.3 Å². The van der Waals surface area contributed by atoms with Crippen LogP contribution in [0.15, 0.2) is 0 Å². The van der Waals surface area contributed by atoms with Crippen molar-refractivity contribution in [1.82, 2.24) is 15.5 Å². The number of amides is 2. The normalized spacial score (nSPS) is 17.3. The Bertz CT molecular complexity index is 523. The fraction of sp³-hybridized carbons (Fsp3) is 0.733. The van der Waals surface area contributed by atoms with Crippen molar-refractivity contribution in [2.45, 2.75) is 64.8 Å². The largest absolute Gasteiger partial charge is 0.344 e. The molecule has 0 unspecified atom stereocenters. The quantitative estimate of drug-likeness (QED) is 0.872. The van der Waals surface area contributed by atoms with Gasteiger partial charge in [-0.2, -0.15) is 0 Å². The highest BCUT2D eigenvalue weighted by Gasteiger charge is 2.25. The number of aromatic nitrogens is 2. The van der Waals surface area contributed by atoms with Crippen molar-refractivity contribution in [3.05, 3.63) is 5.01 Å². The number of hydrogen-bond donors (Lipinski definition) is 2. The maximum absolute atomic E-state index is 12.3. The highest BCUT2D eigenvalue weighted by molar-refractivity contribution is 7.15. The van der Waals surface area contributed by atoms with Crippen molar-refractivity contribution in [1.29, 1.82) is 0 Å². The van der Waals surface area contributed by atoms with Crippen LogP contribution in [-0.2, 0) is 9.59 Å². The molecule has 1 aliphatic carbocycles. The molecular weight excluding hydrogens is 300 g/mol. The Balaban J connectivity index is 1.98. The van der Waals surface area contributed by atoms with Gasteiger partial charge >= 0.3 is 0 Å². The second-order valence-corrected chi connectivity index (χ2v) is 7.20. The van der Waals surface area contributed by atoms with Crippen molar-refractivity contribution >= 4 is 28.3 Å². The second-order valence-electron chi connectivity index (χ2n) is 6.19. The molecule has 1 fully saturated rings. The molecule has 1 aromatic rings. The first-order chi connectivity index (χ1) is 10.5. The molecule has 0 spiro atoms. The lowest BCUT2D eigenvalue weighted by atomic mass is 9.90. The van der Waals surface area contributed by atoms with Gasteiger partial charge in [0.05, 0.1) is 0 Å². The molecule has 0 bridgehead atoms. The minimum absolute atomic E-state index is 0.00892. The topological polar surface area (TPSA) is 84.0 Å². The summed E-state index contributed by atoms with van der Waals surface area (Å²) in [6.07, 6.45) is 6.09. The zero-order chi connectivity index (χ0) is 16.1. The average molecular weight is 324 g/mol. The van der Waals surface area contributed by atoms with Crippen LogP contribution in [0.2, 0.25) is 0 Å². The predicted molar refractivity (Wildman–Crippen MR) is 86.8 cm³/mol. The summed E-state index contributed by atoms with van der Waals surface area (Å²) in [5.74, 6) is 0.0355. The van der Waals surface area contributed by atoms with E-state index in [-0.39, 0.29) is 17.7 Å². The second kappa shape index (κ2) is 7.67. The molecule has 2 rings (SSSR count). The Kier molecular flexibility index (Phi) is 5.88. The highest BCUT2D eigenvalue weighted by atomic mass is 32.1. The van der Waals surface area contributed by atoms with Gasteiger partial charge in [-0.05, 0) is 18.8 Å². The number of rotatable bonds is 5. The summed E-state index contributed by atoms with van der Waals surface area (Å²) in [5, 5.41) is 15.3. The minimum atomic E-state index is -0.556. The van der Waals surface area contributed by atoms with Crippen LogP contribution in [0.4, 0.5) is 5.13 Å². The van der Waals surface area contributed by atoms with Gasteiger partial charge < -0.3 is 5.32 Å². The summed E-state index contributed by atoms with van der Waals surface area (Å²) in [4.78, 5) is 23.5. The maximum Gasteiger partial charge on any atom is 0.249 e. The zero-order valence-corrected chi connectivity index (χ0v) is 14.2. The number of anilines is 1. The van der Waals surface area contributed by atoms with Crippen LogP contribution in [0, 0.1) is 5.92 Å². The van der Waals surface area contributed by atoms with E-state index in [1.807, 2.05) is 13.8 Å². The summed E-state index contributed by atoms with van der Waals surface area (Å²) < 4.78 is 0. The van der Waals surface area contributed by atoms with Crippen LogP contribution < -0.4 is 10.6 Å². The van der Waals surface area contributed by atoms with E-state index < -0.39 is 6.04 Å². The lowest BCUT2D eigenvalue weighted by Gasteiger charge is -2.20. The van der Waals surface area contributed by atoms with Gasteiger partial charge in [-0.3, -0.25) is 14.9 Å². The number of hydrogen-bond acceptors (Lipinski definition) is 5. The molecule has 0 aliphatic heterocycles. The Hall–Kier alpha value is -1.50. The molecule has 1 atom stereocenters. The van der Waals surface area contributed by atoms with Crippen molar-refractivity contribution in [2.24, 2.45) is 5.92 Å². The van der Waals surface area contributed by atoms with Gasteiger partial charge in [-0.1, -0.05) is 44.4 Å². The van der Waals surface area contributed by atoms with Gasteiger partial charge in [0, 0.05) is 12.8 Å². The Labute approximate surface area is 135 Å². The lowest BCUT2D eigenvalue weighted by Crippen LogP contribution is -2.46. The van der Waals surface area contributed by atoms with E-state index in [9.17, 15) is 9.59 Å². The van der Waals surface area contributed by atoms with Crippen molar-refractivity contribution in [3.8, 4) is 0 Å². The molecule has 1 heterocycles. The molecule has 7 heteroatoms. The average Bonchev–Trinajstić information content (AvgIpc) is 2.93. The van der Waals surface area contributed by atoms with Gasteiger partial charge in [0.2, 0.25) is 16.9 Å². The van der Waals surface area contributed by atoms with E-state index in [2.05, 4.69) is 20.8 Å². The van der Waals surface area contributed by atoms with Gasteiger partial charge in [0.15, 0.2) is 0 Å². The molecule has 0 aromatic carbocycles. The van der Waals surface area contributed by atoms with E-state index >= 15 is 0 Å². The van der Waals surface area contributed by atoms with Gasteiger partial charge in [-0.15, -0.1) is 10.2 Å². The van der Waals surface area contributed by atoms with Gasteiger partial charge in [0.25, 0.3) is 0 Å². The molecular formula is C15H24N4O2S.